The highest BCUT2D eigenvalue weighted by molar-refractivity contribution is 5.43. The van der Waals surface area contributed by atoms with Gasteiger partial charge in [0.25, 0.3) is 5.56 Å². The molecule has 0 radical (unpaired) electrons. The molecule has 0 bridgehead atoms. The van der Waals surface area contributed by atoms with Gasteiger partial charge in [0, 0.05) is 12.3 Å². The number of pyridine rings is 1. The quantitative estimate of drug-likeness (QED) is 0.690. The van der Waals surface area contributed by atoms with Gasteiger partial charge in [-0.1, -0.05) is 0 Å². The highest BCUT2D eigenvalue weighted by Gasteiger charge is 2.06. The number of rotatable bonds is 1. The summed E-state index contributed by atoms with van der Waals surface area (Å²) < 4.78 is 1.32. The fourth-order valence-electron chi connectivity index (χ4n) is 1.02. The molecule has 0 amide bonds. The van der Waals surface area contributed by atoms with Crippen LogP contribution in [0, 0.1) is 18.3 Å². The van der Waals surface area contributed by atoms with Gasteiger partial charge in [-0.05, 0) is 19.4 Å². The Labute approximate surface area is 76.2 Å². The smallest absolute Gasteiger partial charge is 0.252 e. The lowest BCUT2D eigenvalue weighted by atomic mass is 10.2. The first-order valence-corrected chi connectivity index (χ1v) is 3.94. The number of hydrogen-bond acceptors (Lipinski definition) is 3. The van der Waals surface area contributed by atoms with Gasteiger partial charge in [0.2, 0.25) is 0 Å². The summed E-state index contributed by atoms with van der Waals surface area (Å²) in [5.74, 6) is 0. The van der Waals surface area contributed by atoms with Gasteiger partial charge in [-0.15, -0.1) is 0 Å². The predicted molar refractivity (Wildman–Crippen MR) is 50.2 cm³/mol. The summed E-state index contributed by atoms with van der Waals surface area (Å²) in [4.78, 5) is 11.3. The van der Waals surface area contributed by atoms with Crippen LogP contribution in [0.3, 0.4) is 0 Å². The number of anilines is 1. The molecule has 0 aromatic carbocycles. The summed E-state index contributed by atoms with van der Waals surface area (Å²) in [6.07, 6.45) is 1.51. The molecule has 0 aliphatic carbocycles. The number of nitrogens with zero attached hydrogens (tertiary/aromatic N) is 2. The van der Waals surface area contributed by atoms with Crippen LogP contribution in [0.5, 0.6) is 0 Å². The molecule has 0 aliphatic rings. The maximum Gasteiger partial charge on any atom is 0.252 e. The van der Waals surface area contributed by atoms with E-state index in [1.807, 2.05) is 6.07 Å². The molecule has 1 aromatic heterocycles. The second kappa shape index (κ2) is 3.31. The summed E-state index contributed by atoms with van der Waals surface area (Å²) in [6, 6.07) is 2.93. The molecule has 4 heteroatoms. The van der Waals surface area contributed by atoms with Crippen LogP contribution in [0.4, 0.5) is 5.69 Å². The van der Waals surface area contributed by atoms with Gasteiger partial charge in [-0.25, -0.2) is 0 Å². The molecule has 1 atom stereocenters. The minimum Gasteiger partial charge on any atom is -0.397 e. The lowest BCUT2D eigenvalue weighted by Crippen LogP contribution is -2.22. The van der Waals surface area contributed by atoms with E-state index in [2.05, 4.69) is 0 Å². The first kappa shape index (κ1) is 9.33. The second-order valence-electron chi connectivity index (χ2n) is 2.96. The Balaban J connectivity index is 3.34. The lowest BCUT2D eigenvalue weighted by molar-refractivity contribution is 0.646. The molecular formula is C9H11N3O. The molecule has 68 valence electrons. The zero-order valence-electron chi connectivity index (χ0n) is 7.61. The van der Waals surface area contributed by atoms with Crippen LogP contribution in [-0.2, 0) is 0 Å². The Kier molecular flexibility index (Phi) is 2.38. The SMILES string of the molecule is Cc1cc(=O)n(C(C)C#N)cc1N. The highest BCUT2D eigenvalue weighted by Crippen LogP contribution is 2.08. The third-order valence-corrected chi connectivity index (χ3v) is 1.93. The van der Waals surface area contributed by atoms with E-state index >= 15 is 0 Å². The van der Waals surface area contributed by atoms with Crippen molar-refractivity contribution in [3.8, 4) is 6.07 Å². The largest absolute Gasteiger partial charge is 0.397 e. The van der Waals surface area contributed by atoms with Crippen molar-refractivity contribution in [3.63, 3.8) is 0 Å². The Morgan fingerprint density at radius 1 is 1.69 bits per heavy atom. The van der Waals surface area contributed by atoms with E-state index in [0.29, 0.717) is 5.69 Å². The summed E-state index contributed by atoms with van der Waals surface area (Å²) in [5, 5.41) is 8.62. The lowest BCUT2D eigenvalue weighted by Gasteiger charge is -2.09. The third kappa shape index (κ3) is 1.70. The van der Waals surface area contributed by atoms with E-state index in [1.54, 1.807) is 13.8 Å². The first-order valence-electron chi connectivity index (χ1n) is 3.94. The molecule has 0 fully saturated rings. The molecule has 0 saturated carbocycles. The van der Waals surface area contributed by atoms with E-state index in [0.717, 1.165) is 5.56 Å². The Hall–Kier alpha value is -1.76. The van der Waals surface area contributed by atoms with Gasteiger partial charge in [-0.3, -0.25) is 9.36 Å². The van der Waals surface area contributed by atoms with Crippen molar-refractivity contribution in [2.24, 2.45) is 0 Å². The van der Waals surface area contributed by atoms with Gasteiger partial charge in [0.15, 0.2) is 0 Å². The van der Waals surface area contributed by atoms with Gasteiger partial charge in [0.05, 0.1) is 11.8 Å². The van der Waals surface area contributed by atoms with Crippen molar-refractivity contribution in [2.45, 2.75) is 19.9 Å². The summed E-state index contributed by atoms with van der Waals surface area (Å²) in [5.41, 5.74) is 6.69. The van der Waals surface area contributed by atoms with Crippen LogP contribution in [0.25, 0.3) is 0 Å². The molecule has 4 nitrogen and oxygen atoms in total. The maximum atomic E-state index is 11.3. The van der Waals surface area contributed by atoms with Crippen LogP contribution in [0.1, 0.15) is 18.5 Å². The highest BCUT2D eigenvalue weighted by atomic mass is 16.1. The number of aromatic nitrogens is 1. The molecule has 1 rings (SSSR count). The van der Waals surface area contributed by atoms with Crippen molar-refractivity contribution in [1.29, 1.82) is 5.26 Å². The van der Waals surface area contributed by atoms with Crippen LogP contribution in [0.15, 0.2) is 17.1 Å². The Morgan fingerprint density at radius 2 is 2.31 bits per heavy atom. The van der Waals surface area contributed by atoms with Gasteiger partial charge < -0.3 is 5.73 Å². The predicted octanol–water partition coefficient (Wildman–Crippen LogP) is 0.823. The monoisotopic (exact) mass is 177 g/mol. The second-order valence-corrected chi connectivity index (χ2v) is 2.96. The van der Waals surface area contributed by atoms with Crippen molar-refractivity contribution >= 4 is 5.69 Å². The minimum absolute atomic E-state index is 0.194. The average Bonchev–Trinajstić information content (AvgIpc) is 2.10. The van der Waals surface area contributed by atoms with Crippen LogP contribution >= 0.6 is 0 Å². The molecule has 0 saturated heterocycles. The van der Waals surface area contributed by atoms with E-state index in [4.69, 9.17) is 11.0 Å². The molecule has 0 aliphatic heterocycles. The summed E-state index contributed by atoms with van der Waals surface area (Å²) in [6.45, 7) is 3.41. The fourth-order valence-corrected chi connectivity index (χ4v) is 1.02. The zero-order chi connectivity index (χ0) is 10.0. The molecule has 13 heavy (non-hydrogen) atoms. The van der Waals surface area contributed by atoms with Gasteiger partial charge in [-0.2, -0.15) is 5.26 Å². The standard InChI is InChI=1S/C9H11N3O/c1-6-3-9(13)12(5-8(6)11)7(2)4-10/h3,5,7H,11H2,1-2H3. The van der Waals surface area contributed by atoms with Crippen molar-refractivity contribution in [3.05, 3.63) is 28.2 Å². The number of nitriles is 1. The summed E-state index contributed by atoms with van der Waals surface area (Å²) in [7, 11) is 0. The topological polar surface area (TPSA) is 71.8 Å². The molecular weight excluding hydrogens is 166 g/mol. The van der Waals surface area contributed by atoms with E-state index in [-0.39, 0.29) is 5.56 Å². The molecule has 1 unspecified atom stereocenters. The third-order valence-electron chi connectivity index (χ3n) is 1.93. The number of aryl methyl sites for hydroxylation is 1. The molecule has 0 spiro atoms. The van der Waals surface area contributed by atoms with Gasteiger partial charge >= 0.3 is 0 Å². The minimum atomic E-state index is -0.476. The molecule has 1 aromatic rings. The Bertz CT molecular complexity index is 414. The van der Waals surface area contributed by atoms with Crippen molar-refractivity contribution in [1.82, 2.24) is 4.57 Å². The van der Waals surface area contributed by atoms with Gasteiger partial charge in [0.1, 0.15) is 6.04 Å². The van der Waals surface area contributed by atoms with Crippen LogP contribution in [0.2, 0.25) is 0 Å². The Morgan fingerprint density at radius 3 is 2.85 bits per heavy atom. The fraction of sp³-hybridized carbons (Fsp3) is 0.333. The normalized spacial score (nSPS) is 12.1. The van der Waals surface area contributed by atoms with E-state index in [1.165, 1.54) is 16.8 Å². The molecule has 1 heterocycles. The first-order chi connectivity index (χ1) is 6.06. The number of nitrogen functional groups attached to an aromatic ring is 1. The number of hydrogen-bond donors (Lipinski definition) is 1. The molecule has 2 N–H and O–H groups in total. The zero-order valence-corrected chi connectivity index (χ0v) is 7.61. The van der Waals surface area contributed by atoms with Crippen molar-refractivity contribution < 1.29 is 0 Å². The van der Waals surface area contributed by atoms with E-state index in [9.17, 15) is 4.79 Å². The summed E-state index contributed by atoms with van der Waals surface area (Å²) >= 11 is 0. The van der Waals surface area contributed by atoms with Crippen LogP contribution < -0.4 is 11.3 Å². The van der Waals surface area contributed by atoms with E-state index < -0.39 is 6.04 Å². The number of nitrogens with two attached hydrogens (primary N) is 1. The average molecular weight is 177 g/mol. The van der Waals surface area contributed by atoms with Crippen LogP contribution in [-0.4, -0.2) is 4.57 Å². The van der Waals surface area contributed by atoms with Crippen molar-refractivity contribution in [2.75, 3.05) is 5.73 Å². The maximum absolute atomic E-state index is 11.3.